The molecule has 0 bridgehead atoms. The first-order chi connectivity index (χ1) is 15.0. The molecule has 1 aromatic carbocycles. The normalized spacial score (nSPS) is 20.8. The third kappa shape index (κ3) is 5.31. The maximum absolute atomic E-state index is 12.9. The van der Waals surface area contributed by atoms with Gasteiger partial charge in [0.05, 0.1) is 29.3 Å². The monoisotopic (exact) mass is 461 g/mol. The molecule has 3 heterocycles. The molecule has 2 aromatic rings. The highest BCUT2D eigenvalue weighted by atomic mass is 32.2. The maximum Gasteiger partial charge on any atom is 0.264 e. The van der Waals surface area contributed by atoms with Gasteiger partial charge < -0.3 is 19.3 Å². The van der Waals surface area contributed by atoms with Gasteiger partial charge in [-0.2, -0.15) is 9.97 Å². The van der Waals surface area contributed by atoms with Crippen LogP contribution in [0.3, 0.4) is 0 Å². The van der Waals surface area contributed by atoms with Crippen LogP contribution in [0.1, 0.15) is 27.7 Å². The lowest BCUT2D eigenvalue weighted by Crippen LogP contribution is -2.49. The topological polar surface area (TPSA) is 96.9 Å². The van der Waals surface area contributed by atoms with Crippen LogP contribution in [-0.2, 0) is 19.5 Å². The van der Waals surface area contributed by atoms with Crippen molar-refractivity contribution >= 4 is 27.6 Å². The Balaban J connectivity index is 1.70. The van der Waals surface area contributed by atoms with E-state index in [0.29, 0.717) is 51.0 Å². The van der Waals surface area contributed by atoms with Crippen LogP contribution < -0.4 is 14.5 Å². The first-order valence-electron chi connectivity index (χ1n) is 10.8. The lowest BCUT2D eigenvalue weighted by Gasteiger charge is -2.40. The fourth-order valence-corrected chi connectivity index (χ4v) is 4.96. The van der Waals surface area contributed by atoms with Gasteiger partial charge in [0, 0.05) is 32.2 Å². The Kier molecular flexibility index (Phi) is 6.04. The van der Waals surface area contributed by atoms with Crippen molar-refractivity contribution in [3.05, 3.63) is 36.4 Å². The number of anilines is 3. The minimum atomic E-state index is -3.82. The van der Waals surface area contributed by atoms with Gasteiger partial charge >= 0.3 is 0 Å². The summed E-state index contributed by atoms with van der Waals surface area (Å²) in [6, 6.07) is 10.1. The Labute approximate surface area is 189 Å². The Bertz CT molecular complexity index is 1010. The molecule has 0 unspecified atom stereocenters. The predicted octanol–water partition coefficient (Wildman–Crippen LogP) is 2.51. The van der Waals surface area contributed by atoms with Crippen molar-refractivity contribution in [1.82, 2.24) is 9.97 Å². The number of sulfonamides is 1. The van der Waals surface area contributed by atoms with E-state index in [-0.39, 0.29) is 22.0 Å². The standard InChI is InChI=1S/C22H31N5O4S/c1-21(2)15-26(10-12-30-21)18-14-19(27-11-13-31-22(3,4)16-27)24-20(23-18)25-32(28,29)17-8-6-5-7-9-17/h5-9,14H,10-13,15-16H2,1-4H3,(H,23,24,25). The van der Waals surface area contributed by atoms with E-state index >= 15 is 0 Å². The number of rotatable bonds is 5. The zero-order valence-electron chi connectivity index (χ0n) is 19.0. The minimum Gasteiger partial charge on any atom is -0.372 e. The Hall–Kier alpha value is -2.43. The molecular formula is C22H31N5O4S. The average molecular weight is 462 g/mol. The molecule has 10 heteroatoms. The maximum atomic E-state index is 12.9. The fourth-order valence-electron chi connectivity index (χ4n) is 3.99. The van der Waals surface area contributed by atoms with Gasteiger partial charge in [-0.1, -0.05) is 18.2 Å². The van der Waals surface area contributed by atoms with Crippen molar-refractivity contribution in [3.63, 3.8) is 0 Å². The number of hydrogen-bond acceptors (Lipinski definition) is 8. The SMILES string of the molecule is CC1(C)CN(c2cc(N3CCOC(C)(C)C3)nc(NS(=O)(=O)c3ccccc3)n2)CCO1. The van der Waals surface area contributed by atoms with Crippen LogP contribution >= 0.6 is 0 Å². The van der Waals surface area contributed by atoms with Gasteiger partial charge in [0.25, 0.3) is 10.0 Å². The number of nitrogens with one attached hydrogen (secondary N) is 1. The summed E-state index contributed by atoms with van der Waals surface area (Å²) in [5.41, 5.74) is -0.651. The third-order valence-corrected chi connectivity index (χ3v) is 6.82. The van der Waals surface area contributed by atoms with Crippen LogP contribution in [-0.4, -0.2) is 69.0 Å². The highest BCUT2D eigenvalue weighted by Crippen LogP contribution is 2.29. The summed E-state index contributed by atoms with van der Waals surface area (Å²) in [6.45, 7) is 11.9. The van der Waals surface area contributed by atoms with Gasteiger partial charge in [-0.15, -0.1) is 0 Å². The lowest BCUT2D eigenvalue weighted by molar-refractivity contribution is -0.0280. The van der Waals surface area contributed by atoms with E-state index in [0.717, 1.165) is 0 Å². The fraction of sp³-hybridized carbons (Fsp3) is 0.545. The van der Waals surface area contributed by atoms with E-state index < -0.39 is 10.0 Å². The van der Waals surface area contributed by atoms with Gasteiger partial charge in [-0.25, -0.2) is 13.1 Å². The molecule has 0 atom stereocenters. The van der Waals surface area contributed by atoms with Crippen molar-refractivity contribution < 1.29 is 17.9 Å². The zero-order chi connectivity index (χ0) is 23.0. The number of morpholine rings is 2. The summed E-state index contributed by atoms with van der Waals surface area (Å²) < 4.78 is 40.1. The molecule has 4 rings (SSSR count). The summed E-state index contributed by atoms with van der Waals surface area (Å²) >= 11 is 0. The molecule has 2 fully saturated rings. The largest absolute Gasteiger partial charge is 0.372 e. The number of benzene rings is 1. The average Bonchev–Trinajstić information content (AvgIpc) is 2.72. The van der Waals surface area contributed by atoms with E-state index in [1.165, 1.54) is 0 Å². The summed E-state index contributed by atoms with van der Waals surface area (Å²) in [4.78, 5) is 13.5. The van der Waals surface area contributed by atoms with Crippen LogP contribution in [0, 0.1) is 0 Å². The van der Waals surface area contributed by atoms with E-state index in [9.17, 15) is 8.42 Å². The van der Waals surface area contributed by atoms with Crippen LogP contribution in [0.15, 0.2) is 41.3 Å². The molecule has 9 nitrogen and oxygen atoms in total. The lowest BCUT2D eigenvalue weighted by atomic mass is 10.1. The zero-order valence-corrected chi connectivity index (χ0v) is 19.9. The molecule has 2 aliphatic heterocycles. The van der Waals surface area contributed by atoms with Gasteiger partial charge in [0.2, 0.25) is 5.95 Å². The second-order valence-electron chi connectivity index (χ2n) is 9.39. The molecule has 2 saturated heterocycles. The third-order valence-electron chi connectivity index (χ3n) is 5.48. The molecule has 32 heavy (non-hydrogen) atoms. The molecule has 1 aromatic heterocycles. The van der Waals surface area contributed by atoms with Crippen LogP contribution in [0.5, 0.6) is 0 Å². The summed E-state index contributed by atoms with van der Waals surface area (Å²) in [5.74, 6) is 1.39. The number of hydrogen-bond donors (Lipinski definition) is 1. The van der Waals surface area contributed by atoms with Gasteiger partial charge in [0.1, 0.15) is 11.6 Å². The minimum absolute atomic E-state index is 0.0509. The molecule has 2 aliphatic rings. The molecule has 1 N–H and O–H groups in total. The van der Waals surface area contributed by atoms with E-state index in [4.69, 9.17) is 9.47 Å². The highest BCUT2D eigenvalue weighted by Gasteiger charge is 2.31. The molecule has 0 amide bonds. The van der Waals surface area contributed by atoms with Crippen molar-refractivity contribution in [2.24, 2.45) is 0 Å². The second kappa shape index (κ2) is 8.49. The molecule has 174 valence electrons. The van der Waals surface area contributed by atoms with Crippen molar-refractivity contribution in [3.8, 4) is 0 Å². The van der Waals surface area contributed by atoms with Crippen LogP contribution in [0.4, 0.5) is 17.6 Å². The first-order valence-corrected chi connectivity index (χ1v) is 12.3. The van der Waals surface area contributed by atoms with E-state index in [1.807, 2.05) is 33.8 Å². The van der Waals surface area contributed by atoms with Crippen LogP contribution in [0.2, 0.25) is 0 Å². The Morgan fingerprint density at radius 1 is 0.875 bits per heavy atom. The Morgan fingerprint density at radius 2 is 1.38 bits per heavy atom. The van der Waals surface area contributed by atoms with Crippen molar-refractivity contribution in [1.29, 1.82) is 0 Å². The smallest absolute Gasteiger partial charge is 0.264 e. The predicted molar refractivity (Wildman–Crippen MR) is 124 cm³/mol. The second-order valence-corrected chi connectivity index (χ2v) is 11.1. The van der Waals surface area contributed by atoms with Gasteiger partial charge in [0.15, 0.2) is 0 Å². The molecule has 0 aliphatic carbocycles. The van der Waals surface area contributed by atoms with Gasteiger partial charge in [-0.3, -0.25) is 0 Å². The van der Waals surface area contributed by atoms with Crippen molar-refractivity contribution in [2.75, 3.05) is 53.9 Å². The molecule has 0 saturated carbocycles. The number of nitrogens with zero attached hydrogens (tertiary/aromatic N) is 4. The summed E-state index contributed by atoms with van der Waals surface area (Å²) in [5, 5.41) is 0. The molecule has 0 spiro atoms. The summed E-state index contributed by atoms with van der Waals surface area (Å²) in [7, 11) is -3.82. The highest BCUT2D eigenvalue weighted by molar-refractivity contribution is 7.92. The summed E-state index contributed by atoms with van der Waals surface area (Å²) in [6.07, 6.45) is 0. The van der Waals surface area contributed by atoms with Crippen molar-refractivity contribution in [2.45, 2.75) is 43.8 Å². The first kappa shape index (κ1) is 22.8. The number of aromatic nitrogens is 2. The Morgan fingerprint density at radius 3 is 1.84 bits per heavy atom. The van der Waals surface area contributed by atoms with E-state index in [1.54, 1.807) is 30.3 Å². The molecular weight excluding hydrogens is 430 g/mol. The quantitative estimate of drug-likeness (QED) is 0.726. The van der Waals surface area contributed by atoms with Gasteiger partial charge in [-0.05, 0) is 39.8 Å². The van der Waals surface area contributed by atoms with Crippen LogP contribution in [0.25, 0.3) is 0 Å². The number of ether oxygens (including phenoxy) is 2. The van der Waals surface area contributed by atoms with E-state index in [2.05, 4.69) is 24.5 Å². The molecule has 0 radical (unpaired) electrons.